The molecule has 0 saturated carbocycles. The topological polar surface area (TPSA) is 77.8 Å². The van der Waals surface area contributed by atoms with Gasteiger partial charge in [0.05, 0.1) is 11.0 Å². The summed E-state index contributed by atoms with van der Waals surface area (Å²) in [6.45, 7) is 6.10. The first-order valence-electron chi connectivity index (χ1n) is 6.50. The number of β-amino-alcohol motifs (C(OH)–C–C–N with tert-alkyl or cyclic N) is 1. The van der Waals surface area contributed by atoms with E-state index in [1.807, 2.05) is 0 Å². The number of carboxylic acid groups (broad SMARTS) is 1. The summed E-state index contributed by atoms with van der Waals surface area (Å²) in [5.41, 5.74) is -1.80. The fourth-order valence-corrected chi connectivity index (χ4v) is 2.44. The Morgan fingerprint density at radius 1 is 1.33 bits per heavy atom. The number of aliphatic carboxylic acids is 1. The molecule has 0 aromatic heterocycles. The lowest BCUT2D eigenvalue weighted by Gasteiger charge is -2.28. The molecule has 1 rings (SSSR count). The summed E-state index contributed by atoms with van der Waals surface area (Å²) in [6.07, 6.45) is 1.45. The molecule has 0 spiro atoms. The number of aliphatic hydroxyl groups is 1. The molecule has 0 radical (unpaired) electrons. The molecular formula is C13H23NO4. The van der Waals surface area contributed by atoms with Crippen LogP contribution in [0.2, 0.25) is 0 Å². The van der Waals surface area contributed by atoms with E-state index in [0.717, 1.165) is 0 Å². The fourth-order valence-electron chi connectivity index (χ4n) is 2.44. The molecule has 1 aliphatic rings. The molecule has 1 saturated heterocycles. The van der Waals surface area contributed by atoms with Crippen LogP contribution in [0.1, 0.15) is 46.5 Å². The Kier molecular flexibility index (Phi) is 4.37. The van der Waals surface area contributed by atoms with Crippen LogP contribution in [0.3, 0.4) is 0 Å². The molecule has 18 heavy (non-hydrogen) atoms. The van der Waals surface area contributed by atoms with E-state index in [1.54, 1.807) is 25.7 Å². The second kappa shape index (κ2) is 5.26. The standard InChI is InChI=1S/C13H23NO4/c1-4-13(5-2,11(16)17)8-10(15)14-7-6-12(3,18)9-14/h18H,4-9H2,1-3H3,(H,16,17). The molecule has 1 unspecified atom stereocenters. The van der Waals surface area contributed by atoms with Gasteiger partial charge in [-0.1, -0.05) is 13.8 Å². The second-order valence-corrected chi connectivity index (χ2v) is 5.53. The number of carbonyl (C=O) groups excluding carboxylic acids is 1. The van der Waals surface area contributed by atoms with Gasteiger partial charge in [-0.05, 0) is 26.2 Å². The van der Waals surface area contributed by atoms with Gasteiger partial charge in [0.2, 0.25) is 5.91 Å². The predicted octanol–water partition coefficient (Wildman–Crippen LogP) is 1.25. The first-order chi connectivity index (χ1) is 8.26. The normalized spacial score (nSPS) is 24.3. The van der Waals surface area contributed by atoms with Crippen LogP contribution in [0.25, 0.3) is 0 Å². The zero-order chi connectivity index (χ0) is 14.0. The zero-order valence-corrected chi connectivity index (χ0v) is 11.4. The maximum Gasteiger partial charge on any atom is 0.310 e. The van der Waals surface area contributed by atoms with Crippen molar-refractivity contribution in [2.45, 2.75) is 52.1 Å². The van der Waals surface area contributed by atoms with Crippen molar-refractivity contribution in [2.75, 3.05) is 13.1 Å². The summed E-state index contributed by atoms with van der Waals surface area (Å²) in [6, 6.07) is 0. The minimum Gasteiger partial charge on any atom is -0.481 e. The van der Waals surface area contributed by atoms with E-state index in [2.05, 4.69) is 0 Å². The molecular weight excluding hydrogens is 234 g/mol. The quantitative estimate of drug-likeness (QED) is 0.777. The van der Waals surface area contributed by atoms with E-state index in [1.165, 1.54) is 0 Å². The van der Waals surface area contributed by atoms with Crippen molar-refractivity contribution < 1.29 is 19.8 Å². The molecule has 5 heteroatoms. The minimum atomic E-state index is -0.967. The van der Waals surface area contributed by atoms with Crippen molar-refractivity contribution in [3.63, 3.8) is 0 Å². The van der Waals surface area contributed by atoms with Crippen LogP contribution in [0, 0.1) is 5.41 Å². The molecule has 1 amide bonds. The molecule has 1 atom stereocenters. The lowest BCUT2D eigenvalue weighted by atomic mass is 9.79. The Morgan fingerprint density at radius 2 is 1.89 bits per heavy atom. The van der Waals surface area contributed by atoms with Gasteiger partial charge in [-0.3, -0.25) is 9.59 Å². The van der Waals surface area contributed by atoms with Crippen LogP contribution in [-0.4, -0.2) is 45.7 Å². The van der Waals surface area contributed by atoms with Crippen molar-refractivity contribution >= 4 is 11.9 Å². The van der Waals surface area contributed by atoms with E-state index in [4.69, 9.17) is 0 Å². The maximum absolute atomic E-state index is 12.1. The molecule has 1 heterocycles. The first-order valence-corrected chi connectivity index (χ1v) is 6.50. The highest BCUT2D eigenvalue weighted by Crippen LogP contribution is 2.33. The lowest BCUT2D eigenvalue weighted by Crippen LogP contribution is -2.40. The summed E-state index contributed by atoms with van der Waals surface area (Å²) in [7, 11) is 0. The minimum absolute atomic E-state index is 0.0193. The summed E-state index contributed by atoms with van der Waals surface area (Å²) in [5.74, 6) is -1.08. The van der Waals surface area contributed by atoms with Gasteiger partial charge in [0.1, 0.15) is 0 Å². The third kappa shape index (κ3) is 3.02. The Balaban J connectivity index is 2.72. The van der Waals surface area contributed by atoms with Gasteiger partial charge >= 0.3 is 5.97 Å². The summed E-state index contributed by atoms with van der Waals surface area (Å²) in [4.78, 5) is 25.0. The molecule has 0 aromatic rings. The van der Waals surface area contributed by atoms with E-state index in [-0.39, 0.29) is 12.3 Å². The first kappa shape index (κ1) is 15.0. The van der Waals surface area contributed by atoms with E-state index >= 15 is 0 Å². The van der Waals surface area contributed by atoms with Gasteiger partial charge < -0.3 is 15.1 Å². The highest BCUT2D eigenvalue weighted by Gasteiger charge is 2.41. The SMILES string of the molecule is CCC(CC)(CC(=O)N1CCC(C)(O)C1)C(=O)O. The smallest absolute Gasteiger partial charge is 0.310 e. The van der Waals surface area contributed by atoms with E-state index < -0.39 is 17.0 Å². The van der Waals surface area contributed by atoms with Crippen molar-refractivity contribution in [1.82, 2.24) is 4.90 Å². The van der Waals surface area contributed by atoms with E-state index in [0.29, 0.717) is 32.4 Å². The molecule has 0 aromatic carbocycles. The molecule has 0 bridgehead atoms. The third-order valence-electron chi connectivity index (χ3n) is 4.10. The monoisotopic (exact) mass is 257 g/mol. The van der Waals surface area contributed by atoms with Gasteiger partial charge in [0, 0.05) is 19.5 Å². The van der Waals surface area contributed by atoms with E-state index in [9.17, 15) is 19.8 Å². The molecule has 1 aliphatic heterocycles. The molecule has 5 nitrogen and oxygen atoms in total. The zero-order valence-electron chi connectivity index (χ0n) is 11.4. The highest BCUT2D eigenvalue weighted by atomic mass is 16.4. The lowest BCUT2D eigenvalue weighted by molar-refractivity contribution is -0.154. The molecule has 2 N–H and O–H groups in total. The van der Waals surface area contributed by atoms with Gasteiger partial charge in [-0.15, -0.1) is 0 Å². The number of carbonyl (C=O) groups is 2. The average Bonchev–Trinajstić information content (AvgIpc) is 2.66. The second-order valence-electron chi connectivity index (χ2n) is 5.53. The number of nitrogens with zero attached hydrogens (tertiary/aromatic N) is 1. The average molecular weight is 257 g/mol. The Bertz CT molecular complexity index is 334. The summed E-state index contributed by atoms with van der Waals surface area (Å²) in [5, 5.41) is 19.1. The van der Waals surface area contributed by atoms with Gasteiger partial charge in [-0.2, -0.15) is 0 Å². The van der Waals surface area contributed by atoms with Gasteiger partial charge in [-0.25, -0.2) is 0 Å². The van der Waals surface area contributed by atoms with Crippen molar-refractivity contribution in [3.8, 4) is 0 Å². The number of hydrogen-bond donors (Lipinski definition) is 2. The number of likely N-dealkylation sites (tertiary alicyclic amines) is 1. The molecule has 104 valence electrons. The predicted molar refractivity (Wildman–Crippen MR) is 67.1 cm³/mol. The van der Waals surface area contributed by atoms with Crippen molar-refractivity contribution in [1.29, 1.82) is 0 Å². The number of carboxylic acids is 1. The van der Waals surface area contributed by atoms with Crippen LogP contribution in [-0.2, 0) is 9.59 Å². The summed E-state index contributed by atoms with van der Waals surface area (Å²) < 4.78 is 0. The summed E-state index contributed by atoms with van der Waals surface area (Å²) >= 11 is 0. The molecule has 0 aliphatic carbocycles. The van der Waals surface area contributed by atoms with Crippen LogP contribution in [0.15, 0.2) is 0 Å². The Morgan fingerprint density at radius 3 is 2.22 bits per heavy atom. The fraction of sp³-hybridized carbons (Fsp3) is 0.846. The Labute approximate surface area is 108 Å². The number of rotatable bonds is 5. The van der Waals surface area contributed by atoms with Crippen LogP contribution in [0.5, 0.6) is 0 Å². The van der Waals surface area contributed by atoms with Crippen molar-refractivity contribution in [3.05, 3.63) is 0 Å². The number of hydrogen-bond acceptors (Lipinski definition) is 3. The largest absolute Gasteiger partial charge is 0.481 e. The third-order valence-corrected chi connectivity index (χ3v) is 4.10. The van der Waals surface area contributed by atoms with Crippen LogP contribution >= 0.6 is 0 Å². The van der Waals surface area contributed by atoms with Gasteiger partial charge in [0.15, 0.2) is 0 Å². The van der Waals surface area contributed by atoms with Crippen LogP contribution in [0.4, 0.5) is 0 Å². The van der Waals surface area contributed by atoms with Crippen LogP contribution < -0.4 is 0 Å². The van der Waals surface area contributed by atoms with Gasteiger partial charge in [0.25, 0.3) is 0 Å². The number of amides is 1. The van der Waals surface area contributed by atoms with Crippen molar-refractivity contribution in [2.24, 2.45) is 5.41 Å². The molecule has 1 fully saturated rings. The maximum atomic E-state index is 12.1. The highest BCUT2D eigenvalue weighted by molar-refractivity contribution is 5.85. The Hall–Kier alpha value is -1.10.